The molecule has 166 valence electrons. The third-order valence-corrected chi connectivity index (χ3v) is 4.96. The molecule has 0 saturated heterocycles. The fourth-order valence-electron chi connectivity index (χ4n) is 3.40. The summed E-state index contributed by atoms with van der Waals surface area (Å²) in [4.78, 5) is 43.5. The molecule has 2 aromatic heterocycles. The minimum Gasteiger partial charge on any atom is -0.310 e. The number of ketones is 1. The second-order valence-electron chi connectivity index (χ2n) is 7.74. The summed E-state index contributed by atoms with van der Waals surface area (Å²) in [6.45, 7) is 5.55. The molecule has 0 radical (unpaired) electrons. The van der Waals surface area contributed by atoms with Crippen LogP contribution in [0.15, 0.2) is 54.6 Å². The summed E-state index contributed by atoms with van der Waals surface area (Å²) in [6, 6.07) is 16.0. The van der Waals surface area contributed by atoms with Gasteiger partial charge in [0, 0.05) is 28.2 Å². The zero-order chi connectivity index (χ0) is 23.3. The number of rotatable bonds is 8. The maximum atomic E-state index is 12.9. The Labute approximate surface area is 187 Å². The van der Waals surface area contributed by atoms with E-state index in [0.29, 0.717) is 22.6 Å². The Bertz CT molecular complexity index is 1140. The van der Waals surface area contributed by atoms with Gasteiger partial charge in [-0.1, -0.05) is 24.3 Å². The van der Waals surface area contributed by atoms with Gasteiger partial charge in [-0.3, -0.25) is 29.4 Å². The molecule has 0 aliphatic carbocycles. The first-order valence-corrected chi connectivity index (χ1v) is 10.2. The third-order valence-electron chi connectivity index (χ3n) is 4.96. The average Bonchev–Trinajstić information content (AvgIpc) is 3.02. The van der Waals surface area contributed by atoms with Gasteiger partial charge in [0.25, 0.3) is 5.91 Å². The highest BCUT2D eigenvalue weighted by atomic mass is 16.2. The summed E-state index contributed by atoms with van der Waals surface area (Å²) in [7, 11) is 1.71. The smallest absolute Gasteiger partial charge is 0.270 e. The zero-order valence-electron chi connectivity index (χ0n) is 18.7. The topological polar surface area (TPSA) is 96.3 Å². The molecule has 8 heteroatoms. The third kappa shape index (κ3) is 5.67. The predicted molar refractivity (Wildman–Crippen MR) is 123 cm³/mol. The minimum absolute atomic E-state index is 0.0465. The lowest BCUT2D eigenvalue weighted by Crippen LogP contribution is -2.34. The lowest BCUT2D eigenvalue weighted by Gasteiger charge is -2.16. The molecule has 0 atom stereocenters. The first kappa shape index (κ1) is 22.9. The first-order valence-electron chi connectivity index (χ1n) is 10.2. The molecule has 3 rings (SSSR count). The molecule has 0 fully saturated rings. The number of hydrogen-bond acceptors (Lipinski definition) is 5. The van der Waals surface area contributed by atoms with E-state index in [0.717, 1.165) is 11.4 Å². The molecule has 32 heavy (non-hydrogen) atoms. The molecule has 0 bridgehead atoms. The maximum absolute atomic E-state index is 12.9. The van der Waals surface area contributed by atoms with Gasteiger partial charge in [0.05, 0.1) is 13.1 Å². The van der Waals surface area contributed by atoms with Crippen LogP contribution in [0.25, 0.3) is 0 Å². The number of pyridine rings is 1. The van der Waals surface area contributed by atoms with E-state index < -0.39 is 0 Å². The number of aromatic nitrogens is 2. The van der Waals surface area contributed by atoms with Crippen molar-refractivity contribution in [3.05, 3.63) is 82.8 Å². The van der Waals surface area contributed by atoms with Gasteiger partial charge in [-0.25, -0.2) is 4.98 Å². The van der Waals surface area contributed by atoms with Gasteiger partial charge in [-0.05, 0) is 58.2 Å². The van der Waals surface area contributed by atoms with Crippen LogP contribution in [-0.2, 0) is 4.79 Å². The Balaban J connectivity index is 1.61. The molecule has 2 heterocycles. The van der Waals surface area contributed by atoms with Crippen LogP contribution in [0.1, 0.15) is 37.8 Å². The SMILES string of the molecule is Cc1cccc(NC(=O)CN(C)CC(=O)c2cc(C)n(NC(=O)c3ccccc3)c2C)n1. The van der Waals surface area contributed by atoms with Gasteiger partial charge in [0.15, 0.2) is 5.78 Å². The van der Waals surface area contributed by atoms with E-state index in [1.165, 1.54) is 0 Å². The van der Waals surface area contributed by atoms with E-state index in [1.807, 2.05) is 32.0 Å². The highest BCUT2D eigenvalue weighted by molar-refractivity contribution is 6.02. The van der Waals surface area contributed by atoms with Crippen molar-refractivity contribution < 1.29 is 14.4 Å². The second kappa shape index (κ2) is 10.0. The zero-order valence-corrected chi connectivity index (χ0v) is 18.7. The minimum atomic E-state index is -0.259. The highest BCUT2D eigenvalue weighted by Gasteiger charge is 2.19. The number of likely N-dealkylation sites (N-methyl/N-ethyl adjacent to an activating group) is 1. The summed E-state index contributed by atoms with van der Waals surface area (Å²) in [5, 5.41) is 2.73. The molecule has 0 aliphatic heterocycles. The maximum Gasteiger partial charge on any atom is 0.270 e. The van der Waals surface area contributed by atoms with E-state index in [2.05, 4.69) is 15.7 Å². The second-order valence-corrected chi connectivity index (χ2v) is 7.74. The number of hydrogen-bond donors (Lipinski definition) is 2. The fourth-order valence-corrected chi connectivity index (χ4v) is 3.40. The van der Waals surface area contributed by atoms with Crippen molar-refractivity contribution in [3.63, 3.8) is 0 Å². The number of anilines is 1. The van der Waals surface area contributed by atoms with E-state index in [1.54, 1.807) is 59.9 Å². The van der Waals surface area contributed by atoms with Gasteiger partial charge in [0.1, 0.15) is 5.82 Å². The Hall–Kier alpha value is -3.78. The van der Waals surface area contributed by atoms with Crippen LogP contribution < -0.4 is 10.7 Å². The molecule has 0 saturated carbocycles. The summed E-state index contributed by atoms with van der Waals surface area (Å²) in [5.41, 5.74) is 6.04. The highest BCUT2D eigenvalue weighted by Crippen LogP contribution is 2.15. The van der Waals surface area contributed by atoms with E-state index in [-0.39, 0.29) is 30.7 Å². The molecule has 0 aliphatic rings. The molecular weight excluding hydrogens is 406 g/mol. The summed E-state index contributed by atoms with van der Waals surface area (Å²) < 4.78 is 1.61. The van der Waals surface area contributed by atoms with Crippen LogP contribution in [0.2, 0.25) is 0 Å². The lowest BCUT2D eigenvalue weighted by molar-refractivity contribution is -0.116. The number of nitrogens with zero attached hydrogens (tertiary/aromatic N) is 3. The van der Waals surface area contributed by atoms with Crippen LogP contribution in [0.3, 0.4) is 0 Å². The number of nitrogens with one attached hydrogen (secondary N) is 2. The van der Waals surface area contributed by atoms with Gasteiger partial charge in [-0.2, -0.15) is 0 Å². The number of carbonyl (C=O) groups excluding carboxylic acids is 3. The number of amides is 2. The normalized spacial score (nSPS) is 10.8. The van der Waals surface area contributed by atoms with Gasteiger partial charge < -0.3 is 5.32 Å². The van der Waals surface area contributed by atoms with Crippen LogP contribution in [-0.4, -0.2) is 52.3 Å². The van der Waals surface area contributed by atoms with Crippen LogP contribution in [0, 0.1) is 20.8 Å². The van der Waals surface area contributed by atoms with E-state index in [9.17, 15) is 14.4 Å². The lowest BCUT2D eigenvalue weighted by atomic mass is 10.1. The largest absolute Gasteiger partial charge is 0.310 e. The number of aryl methyl sites for hydroxylation is 2. The molecule has 3 aromatic rings. The summed E-state index contributed by atoms with van der Waals surface area (Å²) in [5.74, 6) is -0.168. The Kier molecular flexibility index (Phi) is 7.17. The Morgan fingerprint density at radius 3 is 2.38 bits per heavy atom. The Morgan fingerprint density at radius 1 is 0.969 bits per heavy atom. The molecular formula is C24H27N5O3. The quantitative estimate of drug-likeness (QED) is 0.533. The Morgan fingerprint density at radius 2 is 1.69 bits per heavy atom. The van der Waals surface area contributed by atoms with Crippen LogP contribution in [0.5, 0.6) is 0 Å². The van der Waals surface area contributed by atoms with Gasteiger partial charge >= 0.3 is 0 Å². The number of carbonyl (C=O) groups is 3. The van der Waals surface area contributed by atoms with Crippen molar-refractivity contribution in [3.8, 4) is 0 Å². The van der Waals surface area contributed by atoms with Crippen molar-refractivity contribution in [2.75, 3.05) is 30.9 Å². The van der Waals surface area contributed by atoms with Gasteiger partial charge in [-0.15, -0.1) is 0 Å². The average molecular weight is 434 g/mol. The van der Waals surface area contributed by atoms with E-state index >= 15 is 0 Å². The molecule has 2 amide bonds. The number of benzene rings is 1. The van der Waals surface area contributed by atoms with Crippen molar-refractivity contribution >= 4 is 23.4 Å². The van der Waals surface area contributed by atoms with Crippen LogP contribution >= 0.6 is 0 Å². The van der Waals surface area contributed by atoms with Crippen molar-refractivity contribution in [1.82, 2.24) is 14.6 Å². The van der Waals surface area contributed by atoms with Crippen molar-refractivity contribution in [1.29, 1.82) is 0 Å². The molecule has 8 nitrogen and oxygen atoms in total. The van der Waals surface area contributed by atoms with Crippen LogP contribution in [0.4, 0.5) is 5.82 Å². The van der Waals surface area contributed by atoms with Gasteiger partial charge in [0.2, 0.25) is 5.91 Å². The molecule has 2 N–H and O–H groups in total. The van der Waals surface area contributed by atoms with Crippen molar-refractivity contribution in [2.24, 2.45) is 0 Å². The standard InChI is InChI=1S/C24H27N5O3/c1-16-9-8-12-22(25-16)26-23(31)15-28(4)14-21(30)20-13-17(2)29(18(20)3)27-24(32)19-10-6-5-7-11-19/h5-13H,14-15H2,1-4H3,(H,27,32)(H,25,26,31). The molecule has 0 unspecified atom stereocenters. The predicted octanol–water partition coefficient (Wildman–Crippen LogP) is 2.95. The monoisotopic (exact) mass is 433 g/mol. The first-order chi connectivity index (χ1) is 15.2. The molecule has 0 spiro atoms. The van der Waals surface area contributed by atoms with Crippen molar-refractivity contribution in [2.45, 2.75) is 20.8 Å². The number of Topliss-reactive ketones (excluding diaryl/α,β-unsaturated/α-hetero) is 1. The summed E-state index contributed by atoms with van der Waals surface area (Å²) >= 11 is 0. The fraction of sp³-hybridized carbons (Fsp3) is 0.250. The molecule has 1 aromatic carbocycles. The summed E-state index contributed by atoms with van der Waals surface area (Å²) in [6.07, 6.45) is 0. The van der Waals surface area contributed by atoms with E-state index in [4.69, 9.17) is 0 Å².